The van der Waals surface area contributed by atoms with E-state index in [1.807, 2.05) is 11.8 Å². The second-order valence-electron chi connectivity index (χ2n) is 4.45. The van der Waals surface area contributed by atoms with Crippen molar-refractivity contribution >= 4 is 23.8 Å². The third-order valence-corrected chi connectivity index (χ3v) is 4.49. The van der Waals surface area contributed by atoms with Gasteiger partial charge in [-0.05, 0) is 25.0 Å². The van der Waals surface area contributed by atoms with Crippen LogP contribution in [0.15, 0.2) is 0 Å². The van der Waals surface area contributed by atoms with E-state index >= 15 is 0 Å². The molecule has 3 atom stereocenters. The topological polar surface area (TPSA) is 78.4 Å². The molecule has 5 nitrogen and oxygen atoms in total. The molecule has 1 fully saturated rings. The Kier molecular flexibility index (Phi) is 6.32. The molecular formula is C12H22N2O3S. The van der Waals surface area contributed by atoms with Crippen molar-refractivity contribution in [3.63, 3.8) is 0 Å². The Morgan fingerprint density at radius 2 is 2.11 bits per heavy atom. The third-order valence-electron chi connectivity index (χ3n) is 3.16. The molecule has 0 spiro atoms. The van der Waals surface area contributed by atoms with Gasteiger partial charge < -0.3 is 15.7 Å². The Morgan fingerprint density at radius 1 is 1.39 bits per heavy atom. The fraction of sp³-hybridized carbons (Fsp3) is 0.833. The summed E-state index contributed by atoms with van der Waals surface area (Å²) in [5.41, 5.74) is 0. The lowest BCUT2D eigenvalue weighted by Crippen LogP contribution is -2.50. The molecule has 1 aliphatic rings. The molecular weight excluding hydrogens is 252 g/mol. The molecule has 0 bridgehead atoms. The summed E-state index contributed by atoms with van der Waals surface area (Å²) in [6, 6.07) is -0.997. The number of amides is 2. The highest BCUT2D eigenvalue weighted by molar-refractivity contribution is 7.99. The van der Waals surface area contributed by atoms with E-state index in [0.717, 1.165) is 25.0 Å². The van der Waals surface area contributed by atoms with Crippen molar-refractivity contribution in [2.45, 2.75) is 56.9 Å². The highest BCUT2D eigenvalue weighted by Gasteiger charge is 2.29. The highest BCUT2D eigenvalue weighted by Crippen LogP contribution is 2.29. The largest absolute Gasteiger partial charge is 0.480 e. The number of carbonyl (C=O) groups is 2. The zero-order valence-corrected chi connectivity index (χ0v) is 11.8. The molecule has 1 rings (SSSR count). The number of carbonyl (C=O) groups excluding carboxylic acids is 1. The van der Waals surface area contributed by atoms with Gasteiger partial charge in [-0.25, -0.2) is 9.59 Å². The van der Waals surface area contributed by atoms with E-state index in [4.69, 9.17) is 5.11 Å². The highest BCUT2D eigenvalue weighted by atomic mass is 32.2. The normalized spacial score (nSPS) is 24.6. The van der Waals surface area contributed by atoms with Gasteiger partial charge in [0.25, 0.3) is 0 Å². The van der Waals surface area contributed by atoms with Gasteiger partial charge in [-0.2, -0.15) is 11.8 Å². The van der Waals surface area contributed by atoms with Crippen molar-refractivity contribution in [1.82, 2.24) is 10.6 Å². The molecule has 0 radical (unpaired) electrons. The van der Waals surface area contributed by atoms with Gasteiger partial charge in [-0.1, -0.05) is 20.3 Å². The number of hydrogen-bond donors (Lipinski definition) is 3. The minimum atomic E-state index is -0.987. The van der Waals surface area contributed by atoms with E-state index in [1.54, 1.807) is 6.92 Å². The zero-order chi connectivity index (χ0) is 13.5. The Balaban J connectivity index is 2.41. The maximum absolute atomic E-state index is 11.7. The number of rotatable bonds is 6. The van der Waals surface area contributed by atoms with Crippen LogP contribution in [0.25, 0.3) is 0 Å². The predicted octanol–water partition coefficient (Wildman–Crippen LogP) is 1.82. The van der Waals surface area contributed by atoms with Crippen LogP contribution in [0.4, 0.5) is 4.79 Å². The first-order valence-corrected chi connectivity index (χ1v) is 7.54. The second-order valence-corrected chi connectivity index (χ2v) is 5.96. The van der Waals surface area contributed by atoms with Crippen LogP contribution < -0.4 is 10.6 Å². The molecule has 3 unspecified atom stereocenters. The molecule has 1 saturated carbocycles. The molecule has 0 aliphatic heterocycles. The maximum atomic E-state index is 11.7. The predicted molar refractivity (Wildman–Crippen MR) is 72.9 cm³/mol. The summed E-state index contributed by atoms with van der Waals surface area (Å²) < 4.78 is 0. The molecule has 0 aromatic rings. The van der Waals surface area contributed by atoms with Crippen LogP contribution in [0, 0.1) is 0 Å². The monoisotopic (exact) mass is 274 g/mol. The third kappa shape index (κ3) is 4.40. The van der Waals surface area contributed by atoms with E-state index in [9.17, 15) is 9.59 Å². The summed E-state index contributed by atoms with van der Waals surface area (Å²) in [6.45, 7) is 3.85. The molecule has 2 amide bonds. The maximum Gasteiger partial charge on any atom is 0.326 e. The molecule has 6 heteroatoms. The minimum Gasteiger partial charge on any atom is -0.480 e. The molecule has 0 saturated heterocycles. The molecule has 1 aliphatic carbocycles. The first-order valence-electron chi connectivity index (χ1n) is 6.49. The van der Waals surface area contributed by atoms with E-state index in [0.29, 0.717) is 11.7 Å². The Labute approximate surface area is 112 Å². The van der Waals surface area contributed by atoms with Gasteiger partial charge in [-0.15, -0.1) is 0 Å². The summed E-state index contributed by atoms with van der Waals surface area (Å²) in [6.07, 6.45) is 3.62. The van der Waals surface area contributed by atoms with Crippen LogP contribution in [0.1, 0.15) is 39.5 Å². The van der Waals surface area contributed by atoms with Gasteiger partial charge in [-0.3, -0.25) is 0 Å². The van der Waals surface area contributed by atoms with E-state index < -0.39 is 12.0 Å². The van der Waals surface area contributed by atoms with Gasteiger partial charge in [0.1, 0.15) is 6.04 Å². The quantitative estimate of drug-likeness (QED) is 0.690. The van der Waals surface area contributed by atoms with Gasteiger partial charge in [0, 0.05) is 11.3 Å². The van der Waals surface area contributed by atoms with Crippen LogP contribution in [0.5, 0.6) is 0 Å². The van der Waals surface area contributed by atoms with Gasteiger partial charge in [0.05, 0.1) is 0 Å². The fourth-order valence-electron chi connectivity index (χ4n) is 2.21. The number of aliphatic carboxylic acids is 1. The molecule has 18 heavy (non-hydrogen) atoms. The lowest BCUT2D eigenvalue weighted by atomic mass is 10.2. The summed E-state index contributed by atoms with van der Waals surface area (Å²) >= 11 is 1.86. The van der Waals surface area contributed by atoms with Crippen molar-refractivity contribution in [2.24, 2.45) is 0 Å². The molecule has 0 aromatic carbocycles. The zero-order valence-electron chi connectivity index (χ0n) is 10.9. The molecule has 0 heterocycles. The summed E-state index contributed by atoms with van der Waals surface area (Å²) in [7, 11) is 0. The van der Waals surface area contributed by atoms with Gasteiger partial charge in [0.2, 0.25) is 0 Å². The number of nitrogens with one attached hydrogen (secondary N) is 2. The minimum absolute atomic E-state index is 0.168. The number of urea groups is 1. The van der Waals surface area contributed by atoms with Crippen molar-refractivity contribution in [2.75, 3.05) is 5.75 Å². The van der Waals surface area contributed by atoms with Crippen molar-refractivity contribution in [3.8, 4) is 0 Å². The fourth-order valence-corrected chi connectivity index (χ4v) is 3.41. The number of thioether (sulfide) groups is 1. The summed E-state index contributed by atoms with van der Waals surface area (Å²) in [5, 5.41) is 14.7. The van der Waals surface area contributed by atoms with E-state index in [1.165, 1.54) is 0 Å². The summed E-state index contributed by atoms with van der Waals surface area (Å²) in [5.74, 6) is 0.0514. The molecule has 104 valence electrons. The van der Waals surface area contributed by atoms with E-state index in [-0.39, 0.29) is 12.1 Å². The smallest absolute Gasteiger partial charge is 0.326 e. The second kappa shape index (κ2) is 7.51. The summed E-state index contributed by atoms with van der Waals surface area (Å²) in [4.78, 5) is 22.6. The van der Waals surface area contributed by atoms with Crippen LogP contribution in [0.3, 0.4) is 0 Å². The average Bonchev–Trinajstić information content (AvgIpc) is 2.73. The van der Waals surface area contributed by atoms with Crippen LogP contribution in [-0.2, 0) is 4.79 Å². The first kappa shape index (κ1) is 15.1. The average molecular weight is 274 g/mol. The number of hydrogen-bond acceptors (Lipinski definition) is 3. The van der Waals surface area contributed by atoms with Gasteiger partial charge >= 0.3 is 12.0 Å². The lowest BCUT2D eigenvalue weighted by molar-refractivity contribution is -0.139. The Bertz CT molecular complexity index is 299. The first-order chi connectivity index (χ1) is 8.58. The lowest BCUT2D eigenvalue weighted by Gasteiger charge is -2.21. The van der Waals surface area contributed by atoms with Crippen molar-refractivity contribution in [3.05, 3.63) is 0 Å². The Hall–Kier alpha value is -0.910. The van der Waals surface area contributed by atoms with E-state index in [2.05, 4.69) is 17.6 Å². The molecule has 0 aromatic heterocycles. The van der Waals surface area contributed by atoms with Crippen LogP contribution in [-0.4, -0.2) is 40.2 Å². The van der Waals surface area contributed by atoms with Crippen LogP contribution in [0.2, 0.25) is 0 Å². The van der Waals surface area contributed by atoms with Crippen molar-refractivity contribution in [1.29, 1.82) is 0 Å². The van der Waals surface area contributed by atoms with Crippen molar-refractivity contribution < 1.29 is 14.7 Å². The Morgan fingerprint density at radius 3 is 2.67 bits per heavy atom. The number of carboxylic acids is 1. The number of carboxylic acid groups (broad SMARTS) is 1. The standard InChI is InChI=1S/C12H22N2O3S/c1-3-8(11(15)16)13-12(17)14-9-6-5-7-10(9)18-4-2/h8-10H,3-7H2,1-2H3,(H,15,16)(H2,13,14,17). The van der Waals surface area contributed by atoms with Gasteiger partial charge in [0.15, 0.2) is 0 Å². The SMILES string of the molecule is CCSC1CCCC1NC(=O)NC(CC)C(=O)O. The molecule has 3 N–H and O–H groups in total. The van der Waals surface area contributed by atoms with Crippen LogP contribution >= 0.6 is 11.8 Å².